The van der Waals surface area contributed by atoms with Crippen molar-refractivity contribution in [3.05, 3.63) is 177 Å². The molecule has 14 nitrogen and oxygen atoms in total. The van der Waals surface area contributed by atoms with Crippen molar-refractivity contribution < 1.29 is 38.8 Å². The van der Waals surface area contributed by atoms with Gasteiger partial charge in [-0.2, -0.15) is 0 Å². The zero-order valence-electron chi connectivity index (χ0n) is 36.6. The normalized spacial score (nSPS) is 17.4. The van der Waals surface area contributed by atoms with Crippen LogP contribution in [0.3, 0.4) is 0 Å². The molecule has 3 atom stereocenters. The molecule has 0 radical (unpaired) electrons. The number of benzene rings is 5. The summed E-state index contributed by atoms with van der Waals surface area (Å²) in [5.74, 6) is 0.228. The fraction of sp³-hybridized carbons (Fsp3) is 0.308. The Balaban J connectivity index is 0.815. The monoisotopic (exact) mass is 893 g/mol. The van der Waals surface area contributed by atoms with Crippen LogP contribution in [0.4, 0.5) is 4.79 Å². The van der Waals surface area contributed by atoms with Gasteiger partial charge in [0.15, 0.2) is 0 Å². The van der Waals surface area contributed by atoms with Gasteiger partial charge in [-0.3, -0.25) is 14.5 Å². The predicted molar refractivity (Wildman–Crippen MR) is 249 cm³/mol. The van der Waals surface area contributed by atoms with Gasteiger partial charge in [0.25, 0.3) is 5.91 Å². The van der Waals surface area contributed by atoms with Gasteiger partial charge in [0, 0.05) is 36.7 Å². The molecule has 3 aliphatic rings. The van der Waals surface area contributed by atoms with E-state index in [0.29, 0.717) is 53.3 Å². The first kappa shape index (κ1) is 45.6. The number of aromatic amines is 1. The molecule has 0 saturated carbocycles. The molecule has 2 amide bonds. The molecular formula is C52H55N5O9. The summed E-state index contributed by atoms with van der Waals surface area (Å²) in [5, 5.41) is 28.0. The quantitative estimate of drug-likeness (QED) is 0.0429. The maximum absolute atomic E-state index is 13.5. The van der Waals surface area contributed by atoms with Crippen molar-refractivity contribution in [2.75, 3.05) is 52.4 Å². The van der Waals surface area contributed by atoms with E-state index in [1.807, 2.05) is 60.7 Å². The summed E-state index contributed by atoms with van der Waals surface area (Å²) in [6.45, 7) is 4.35. The third-order valence-electron chi connectivity index (χ3n) is 12.3. The average molecular weight is 894 g/mol. The number of aromatic nitrogens is 1. The van der Waals surface area contributed by atoms with Gasteiger partial charge in [-0.05, 0) is 116 Å². The Morgan fingerprint density at radius 3 is 2.30 bits per heavy atom. The molecule has 3 fully saturated rings. The van der Waals surface area contributed by atoms with Crippen LogP contribution >= 0.6 is 0 Å². The van der Waals surface area contributed by atoms with E-state index in [2.05, 4.69) is 20.5 Å². The van der Waals surface area contributed by atoms with Crippen molar-refractivity contribution in [2.24, 2.45) is 5.92 Å². The number of piperidine rings is 3. The number of hydrogen-bond donors (Lipinski definition) is 5. The van der Waals surface area contributed by atoms with E-state index >= 15 is 0 Å². The first-order chi connectivity index (χ1) is 32.2. The van der Waals surface area contributed by atoms with Crippen molar-refractivity contribution in [3.8, 4) is 11.5 Å². The molecule has 6 aromatic rings. The molecule has 0 aliphatic carbocycles. The summed E-state index contributed by atoms with van der Waals surface area (Å²) < 4.78 is 17.8. The number of pyridine rings is 1. The number of aromatic hydroxyl groups is 1. The smallest absolute Gasteiger partial charge is 0.408 e. The fourth-order valence-corrected chi connectivity index (χ4v) is 8.73. The lowest BCUT2D eigenvalue weighted by Gasteiger charge is -2.43. The van der Waals surface area contributed by atoms with Gasteiger partial charge >= 0.3 is 12.1 Å². The third kappa shape index (κ3) is 11.6. The highest BCUT2D eigenvalue weighted by atomic mass is 16.6. The molecule has 342 valence electrons. The zero-order valence-corrected chi connectivity index (χ0v) is 36.6. The Kier molecular flexibility index (Phi) is 15.0. The van der Waals surface area contributed by atoms with Gasteiger partial charge in [0.05, 0.1) is 29.8 Å². The second kappa shape index (κ2) is 21.8. The van der Waals surface area contributed by atoms with Crippen molar-refractivity contribution in [1.29, 1.82) is 0 Å². The van der Waals surface area contributed by atoms with E-state index in [9.17, 15) is 29.4 Å². The number of amides is 2. The maximum atomic E-state index is 13.5. The minimum atomic E-state index is -0.917. The number of nitrogens with zero attached hydrogens (tertiary/aromatic N) is 2. The van der Waals surface area contributed by atoms with Gasteiger partial charge < -0.3 is 44.9 Å². The van der Waals surface area contributed by atoms with Crippen LogP contribution < -0.4 is 20.9 Å². The van der Waals surface area contributed by atoms with Gasteiger partial charge in [-0.1, -0.05) is 78.9 Å². The molecule has 1 aromatic heterocycles. The number of alkyl carbamates (subject to hydrolysis) is 1. The molecule has 3 saturated heterocycles. The van der Waals surface area contributed by atoms with Gasteiger partial charge in [-0.25, -0.2) is 9.59 Å². The van der Waals surface area contributed by atoms with Crippen LogP contribution in [0.15, 0.2) is 138 Å². The number of aliphatic hydroxyl groups excluding tert-OH is 1. The minimum absolute atomic E-state index is 0.0168. The molecule has 3 aliphatic heterocycles. The Bertz CT molecular complexity index is 2640. The molecular weight excluding hydrogens is 839 g/mol. The Hall–Kier alpha value is -7.00. The number of ether oxygens (including phenoxy) is 3. The van der Waals surface area contributed by atoms with E-state index in [1.165, 1.54) is 12.1 Å². The highest BCUT2D eigenvalue weighted by molar-refractivity contribution is 5.94. The van der Waals surface area contributed by atoms with Crippen LogP contribution in [0.25, 0.3) is 10.9 Å². The van der Waals surface area contributed by atoms with Gasteiger partial charge in [-0.15, -0.1) is 0 Å². The van der Waals surface area contributed by atoms with E-state index in [1.54, 1.807) is 65.6 Å². The number of nitrogens with one attached hydrogen (secondary N) is 3. The maximum Gasteiger partial charge on any atom is 0.408 e. The summed E-state index contributed by atoms with van der Waals surface area (Å²) in [6, 6.07) is 38.8. The number of H-pyrrole nitrogens is 1. The second-order valence-corrected chi connectivity index (χ2v) is 16.8. The summed E-state index contributed by atoms with van der Waals surface area (Å²) in [7, 11) is 0. The van der Waals surface area contributed by atoms with Gasteiger partial charge in [0.1, 0.15) is 30.8 Å². The number of aliphatic hydroxyl groups is 1. The number of fused-ring (bicyclic) bond motifs is 4. The molecule has 14 heteroatoms. The Morgan fingerprint density at radius 2 is 1.56 bits per heavy atom. The second-order valence-electron chi connectivity index (χ2n) is 16.8. The molecule has 66 heavy (non-hydrogen) atoms. The molecule has 2 bridgehead atoms. The number of hydrogen-bond acceptors (Lipinski definition) is 11. The van der Waals surface area contributed by atoms with Gasteiger partial charge in [0.2, 0.25) is 5.56 Å². The third-order valence-corrected chi connectivity index (χ3v) is 12.3. The van der Waals surface area contributed by atoms with Crippen molar-refractivity contribution in [2.45, 2.75) is 44.1 Å². The van der Waals surface area contributed by atoms with Crippen molar-refractivity contribution >= 4 is 28.9 Å². The van der Waals surface area contributed by atoms with Crippen LogP contribution in [0.1, 0.15) is 74.4 Å². The SMILES string of the molecule is O=C(NC(c1ccccc1)c1cccc(OCc2ccc(C(=O)OCCN(CCCNCC(O)c3ccc(O)c4[nH]c(=O)ccc34)C(=O)c3ccccc3)cc2)c1)O[C@H]1CN2CCC1CC2. The minimum Gasteiger partial charge on any atom is -0.506 e. The van der Waals surface area contributed by atoms with E-state index in [4.69, 9.17) is 14.2 Å². The van der Waals surface area contributed by atoms with Crippen molar-refractivity contribution in [3.63, 3.8) is 0 Å². The molecule has 9 rings (SSSR count). The average Bonchev–Trinajstić information content (AvgIpc) is 3.35. The lowest BCUT2D eigenvalue weighted by Crippen LogP contribution is -2.52. The largest absolute Gasteiger partial charge is 0.506 e. The number of rotatable bonds is 19. The van der Waals surface area contributed by atoms with E-state index in [0.717, 1.165) is 49.2 Å². The molecule has 2 unspecified atom stereocenters. The summed E-state index contributed by atoms with van der Waals surface area (Å²) in [6.07, 6.45) is 1.20. The zero-order chi connectivity index (χ0) is 45.8. The molecule has 0 spiro atoms. The standard InChI is InChI=1S/C52H55N5O9/c58-44-21-19-42(43-20-22-47(60)54-49(43)44)45(59)32-53-25-8-26-57(50(61)38-11-5-2-6-12-38)29-30-64-51(62)39-17-15-35(16-18-39)34-65-41-14-7-13-40(31-41)48(37-9-3-1-4-10-37)55-52(63)66-46-33-56-27-23-36(46)24-28-56/h1-7,9-22,31,36,45-46,48,53,58-59H,8,23-30,32-34H2,(H,54,60)(H,55,63)/t45?,46-,48?/m0/s1. The first-order valence-electron chi connectivity index (χ1n) is 22.5. The topological polar surface area (TPSA) is 183 Å². The Labute approximate surface area is 383 Å². The number of phenols is 1. The molecule has 4 heterocycles. The van der Waals surface area contributed by atoms with E-state index in [-0.39, 0.29) is 55.1 Å². The summed E-state index contributed by atoms with van der Waals surface area (Å²) >= 11 is 0. The number of carbonyl (C=O) groups excluding carboxylic acids is 3. The first-order valence-corrected chi connectivity index (χ1v) is 22.5. The highest BCUT2D eigenvalue weighted by Gasteiger charge is 2.37. The van der Waals surface area contributed by atoms with Crippen molar-refractivity contribution in [1.82, 2.24) is 25.4 Å². The molecule has 5 aromatic carbocycles. The van der Waals surface area contributed by atoms with Crippen LogP contribution in [-0.4, -0.2) is 101 Å². The Morgan fingerprint density at radius 1 is 0.818 bits per heavy atom. The van der Waals surface area contributed by atoms with Crippen LogP contribution in [0, 0.1) is 5.92 Å². The number of esters is 1. The number of phenolic OH excluding ortho intramolecular Hbond substituents is 1. The van der Waals surface area contributed by atoms with Crippen LogP contribution in [-0.2, 0) is 16.1 Å². The summed E-state index contributed by atoms with van der Waals surface area (Å²) in [4.78, 5) is 58.3. The van der Waals surface area contributed by atoms with E-state index < -0.39 is 24.2 Å². The predicted octanol–water partition coefficient (Wildman–Crippen LogP) is 6.74. The summed E-state index contributed by atoms with van der Waals surface area (Å²) in [5.41, 5.74) is 3.94. The lowest BCUT2D eigenvalue weighted by atomic mass is 9.86. The molecule has 5 N–H and O–H groups in total. The highest BCUT2D eigenvalue weighted by Crippen LogP contribution is 2.31. The fourth-order valence-electron chi connectivity index (χ4n) is 8.73. The number of carbonyl (C=O) groups is 3. The lowest BCUT2D eigenvalue weighted by molar-refractivity contribution is -0.0336. The van der Waals surface area contributed by atoms with Crippen LogP contribution in [0.5, 0.6) is 11.5 Å². The van der Waals surface area contributed by atoms with Crippen LogP contribution in [0.2, 0.25) is 0 Å².